The number of hydrogen-bond donors (Lipinski definition) is 2. The molecule has 0 spiro atoms. The molecule has 0 aliphatic heterocycles. The van der Waals surface area contributed by atoms with Crippen molar-refractivity contribution in [3.05, 3.63) is 29.8 Å². The number of amides is 1. The first-order chi connectivity index (χ1) is 8.52. The van der Waals surface area contributed by atoms with Crippen molar-refractivity contribution in [1.82, 2.24) is 5.32 Å². The summed E-state index contributed by atoms with van der Waals surface area (Å²) < 4.78 is 30.7. The summed E-state index contributed by atoms with van der Waals surface area (Å²) in [6.07, 6.45) is 0. The van der Waals surface area contributed by atoms with Crippen LogP contribution in [0.25, 0.3) is 0 Å². The zero-order valence-electron chi connectivity index (χ0n) is 10.3. The van der Waals surface area contributed by atoms with Gasteiger partial charge in [-0.25, -0.2) is 8.78 Å². The lowest BCUT2D eigenvalue weighted by Gasteiger charge is -2.13. The molecule has 1 rings (SSSR count). The first kappa shape index (κ1) is 14.4. The highest BCUT2D eigenvalue weighted by molar-refractivity contribution is 5.80. The fourth-order valence-corrected chi connectivity index (χ4v) is 1.43. The van der Waals surface area contributed by atoms with Crippen LogP contribution < -0.4 is 10.6 Å². The lowest BCUT2D eigenvalue weighted by Crippen LogP contribution is -2.39. The summed E-state index contributed by atoms with van der Waals surface area (Å²) in [6.45, 7) is 2.10. The van der Waals surface area contributed by atoms with Crippen molar-refractivity contribution >= 4 is 11.6 Å². The number of nitrogens with one attached hydrogen (secondary N) is 2. The first-order valence-corrected chi connectivity index (χ1v) is 5.50. The molecule has 0 saturated carbocycles. The van der Waals surface area contributed by atoms with Crippen LogP contribution in [0, 0.1) is 11.6 Å². The molecule has 0 bridgehead atoms. The zero-order valence-corrected chi connectivity index (χ0v) is 10.3. The predicted molar refractivity (Wildman–Crippen MR) is 64.3 cm³/mol. The summed E-state index contributed by atoms with van der Waals surface area (Å²) in [4.78, 5) is 11.5. The molecule has 4 nitrogen and oxygen atoms in total. The molecule has 1 atom stereocenters. The van der Waals surface area contributed by atoms with Crippen LogP contribution in [0.2, 0.25) is 0 Å². The standard InChI is InChI=1S/C12H16F2N2O2/c1-8(7-18-2)16-12(17)6-15-11-4-3-9(13)5-10(11)14/h3-5,8,15H,6-7H2,1-2H3,(H,16,17). The van der Waals surface area contributed by atoms with E-state index < -0.39 is 11.6 Å². The summed E-state index contributed by atoms with van der Waals surface area (Å²) in [5.41, 5.74) is 0.0888. The number of hydrogen-bond acceptors (Lipinski definition) is 3. The van der Waals surface area contributed by atoms with Crippen LogP contribution in [0.3, 0.4) is 0 Å². The van der Waals surface area contributed by atoms with Gasteiger partial charge in [0.25, 0.3) is 0 Å². The number of methoxy groups -OCH3 is 1. The number of anilines is 1. The maximum atomic E-state index is 13.2. The number of ether oxygens (including phenoxy) is 1. The molecule has 100 valence electrons. The van der Waals surface area contributed by atoms with Crippen molar-refractivity contribution in [2.45, 2.75) is 13.0 Å². The van der Waals surface area contributed by atoms with Crippen molar-refractivity contribution in [1.29, 1.82) is 0 Å². The van der Waals surface area contributed by atoms with Gasteiger partial charge < -0.3 is 15.4 Å². The van der Waals surface area contributed by atoms with Gasteiger partial charge >= 0.3 is 0 Å². The Morgan fingerprint density at radius 3 is 2.78 bits per heavy atom. The molecule has 1 aromatic carbocycles. The third-order valence-corrected chi connectivity index (χ3v) is 2.19. The fourth-order valence-electron chi connectivity index (χ4n) is 1.43. The van der Waals surface area contributed by atoms with Crippen molar-refractivity contribution in [2.24, 2.45) is 0 Å². The largest absolute Gasteiger partial charge is 0.383 e. The molecule has 1 amide bonds. The van der Waals surface area contributed by atoms with E-state index in [0.717, 1.165) is 12.1 Å². The van der Waals surface area contributed by atoms with Gasteiger partial charge in [0.05, 0.1) is 18.8 Å². The van der Waals surface area contributed by atoms with E-state index in [2.05, 4.69) is 10.6 Å². The molecule has 0 saturated heterocycles. The monoisotopic (exact) mass is 258 g/mol. The van der Waals surface area contributed by atoms with E-state index in [1.165, 1.54) is 13.2 Å². The van der Waals surface area contributed by atoms with Crippen LogP contribution in [-0.4, -0.2) is 32.2 Å². The summed E-state index contributed by atoms with van der Waals surface area (Å²) >= 11 is 0. The van der Waals surface area contributed by atoms with Gasteiger partial charge in [0.1, 0.15) is 11.6 Å². The summed E-state index contributed by atoms with van der Waals surface area (Å²) in [6, 6.07) is 3.00. The normalized spacial score (nSPS) is 12.0. The van der Waals surface area contributed by atoms with Crippen molar-refractivity contribution in [2.75, 3.05) is 25.6 Å². The Morgan fingerprint density at radius 1 is 1.44 bits per heavy atom. The van der Waals surface area contributed by atoms with Crippen molar-refractivity contribution < 1.29 is 18.3 Å². The van der Waals surface area contributed by atoms with Crippen LogP contribution in [-0.2, 0) is 9.53 Å². The molecule has 2 N–H and O–H groups in total. The van der Waals surface area contributed by atoms with E-state index in [9.17, 15) is 13.6 Å². The SMILES string of the molecule is COCC(C)NC(=O)CNc1ccc(F)cc1F. The topological polar surface area (TPSA) is 50.4 Å². The van der Waals surface area contributed by atoms with E-state index in [4.69, 9.17) is 4.74 Å². The van der Waals surface area contributed by atoms with Gasteiger partial charge in [0.2, 0.25) is 5.91 Å². The second-order valence-electron chi connectivity index (χ2n) is 3.90. The van der Waals surface area contributed by atoms with E-state index in [1.54, 1.807) is 6.92 Å². The minimum Gasteiger partial charge on any atom is -0.383 e. The minimum atomic E-state index is -0.729. The quantitative estimate of drug-likeness (QED) is 0.813. The molecule has 1 aromatic rings. The molecule has 18 heavy (non-hydrogen) atoms. The number of benzene rings is 1. The predicted octanol–water partition coefficient (Wildman–Crippen LogP) is 1.53. The van der Waals surface area contributed by atoms with Crippen LogP contribution in [0.5, 0.6) is 0 Å². The Kier molecular flexibility index (Phi) is 5.51. The van der Waals surface area contributed by atoms with E-state index in [1.807, 2.05) is 0 Å². The molecular formula is C12H16F2N2O2. The van der Waals surface area contributed by atoms with Gasteiger partial charge in [-0.1, -0.05) is 0 Å². The maximum Gasteiger partial charge on any atom is 0.239 e. The van der Waals surface area contributed by atoms with Crippen molar-refractivity contribution in [3.8, 4) is 0 Å². The number of carbonyl (C=O) groups excluding carboxylic acids is 1. The highest BCUT2D eigenvalue weighted by atomic mass is 19.1. The minimum absolute atomic E-state index is 0.0867. The fraction of sp³-hybridized carbons (Fsp3) is 0.417. The second-order valence-corrected chi connectivity index (χ2v) is 3.90. The average Bonchev–Trinajstić information content (AvgIpc) is 2.28. The molecular weight excluding hydrogens is 242 g/mol. The van der Waals surface area contributed by atoms with Crippen molar-refractivity contribution in [3.63, 3.8) is 0 Å². The smallest absolute Gasteiger partial charge is 0.239 e. The lowest BCUT2D eigenvalue weighted by molar-refractivity contribution is -0.120. The molecule has 0 aromatic heterocycles. The third kappa shape index (κ3) is 4.67. The number of halogens is 2. The van der Waals surface area contributed by atoms with E-state index in [0.29, 0.717) is 6.61 Å². The molecule has 1 unspecified atom stereocenters. The third-order valence-electron chi connectivity index (χ3n) is 2.19. The molecule has 0 aliphatic carbocycles. The van der Waals surface area contributed by atoms with Crippen LogP contribution >= 0.6 is 0 Å². The Bertz CT molecular complexity index is 413. The highest BCUT2D eigenvalue weighted by Crippen LogP contribution is 2.14. The van der Waals surface area contributed by atoms with Crippen LogP contribution in [0.1, 0.15) is 6.92 Å². The van der Waals surface area contributed by atoms with E-state index >= 15 is 0 Å². The first-order valence-electron chi connectivity index (χ1n) is 5.50. The van der Waals surface area contributed by atoms with Gasteiger partial charge in [0.15, 0.2) is 0 Å². The number of rotatable bonds is 6. The molecule has 0 radical (unpaired) electrons. The van der Waals surface area contributed by atoms with Crippen LogP contribution in [0.15, 0.2) is 18.2 Å². The molecule has 0 fully saturated rings. The second kappa shape index (κ2) is 6.90. The van der Waals surface area contributed by atoms with Gasteiger partial charge in [-0.3, -0.25) is 4.79 Å². The molecule has 0 aliphatic rings. The lowest BCUT2D eigenvalue weighted by atomic mass is 10.3. The Balaban J connectivity index is 2.42. The Labute approximate surface area is 104 Å². The average molecular weight is 258 g/mol. The van der Waals surface area contributed by atoms with Gasteiger partial charge in [-0.05, 0) is 19.1 Å². The maximum absolute atomic E-state index is 13.2. The molecule has 0 heterocycles. The summed E-state index contributed by atoms with van der Waals surface area (Å²) in [5, 5.41) is 5.25. The van der Waals surface area contributed by atoms with Gasteiger partial charge in [0, 0.05) is 19.2 Å². The van der Waals surface area contributed by atoms with E-state index in [-0.39, 0.29) is 24.2 Å². The van der Waals surface area contributed by atoms with Crippen LogP contribution in [0.4, 0.5) is 14.5 Å². The zero-order chi connectivity index (χ0) is 13.5. The Morgan fingerprint density at radius 2 is 2.17 bits per heavy atom. The summed E-state index contributed by atoms with van der Waals surface area (Å²) in [5.74, 6) is -1.67. The van der Waals surface area contributed by atoms with Gasteiger partial charge in [-0.15, -0.1) is 0 Å². The van der Waals surface area contributed by atoms with Gasteiger partial charge in [-0.2, -0.15) is 0 Å². The summed E-state index contributed by atoms with van der Waals surface area (Å²) in [7, 11) is 1.54. The molecule has 6 heteroatoms. The Hall–Kier alpha value is -1.69. The highest BCUT2D eigenvalue weighted by Gasteiger charge is 2.08. The number of carbonyl (C=O) groups is 1.